The largest absolute Gasteiger partial charge is 0.344 e. The van der Waals surface area contributed by atoms with E-state index in [9.17, 15) is 0 Å². The van der Waals surface area contributed by atoms with Crippen LogP contribution in [0.1, 0.15) is 38.5 Å². The molecule has 1 saturated carbocycles. The molecule has 0 radical (unpaired) electrons. The molecule has 0 spiro atoms. The van der Waals surface area contributed by atoms with Gasteiger partial charge in [0.2, 0.25) is 0 Å². The van der Waals surface area contributed by atoms with Gasteiger partial charge in [0.25, 0.3) is 0 Å². The van der Waals surface area contributed by atoms with Gasteiger partial charge in [-0.15, -0.1) is 0 Å². The average molecular weight is 118 g/mol. The monoisotopic (exact) mass is 118 g/mol. The minimum Gasteiger partial charge on any atom is -0.344 e. The summed E-state index contributed by atoms with van der Waals surface area (Å²) in [6.45, 7) is 0. The standard InChI is InChI=1S/C6H12.2H3N/c1-2-4-6-5-3-1;;/h1-6H2;2*1H3. The maximum atomic E-state index is 1.50. The van der Waals surface area contributed by atoms with E-state index in [1.165, 1.54) is 38.5 Å². The summed E-state index contributed by atoms with van der Waals surface area (Å²) >= 11 is 0. The summed E-state index contributed by atoms with van der Waals surface area (Å²) in [6, 6.07) is 0. The minimum absolute atomic E-state index is 0. The van der Waals surface area contributed by atoms with Crippen molar-refractivity contribution in [3.8, 4) is 0 Å². The van der Waals surface area contributed by atoms with Crippen LogP contribution in [0.4, 0.5) is 0 Å². The lowest BCUT2D eigenvalue weighted by Crippen LogP contribution is -1.85. The second-order valence-electron chi connectivity index (χ2n) is 2.12. The molecule has 1 rings (SSSR count). The zero-order chi connectivity index (χ0) is 4.24. The predicted molar refractivity (Wildman–Crippen MR) is 37.7 cm³/mol. The number of hydrogen-bond acceptors (Lipinski definition) is 2. The maximum Gasteiger partial charge on any atom is -0.0533 e. The van der Waals surface area contributed by atoms with Crippen LogP contribution in [0.3, 0.4) is 0 Å². The van der Waals surface area contributed by atoms with Gasteiger partial charge in [0, 0.05) is 0 Å². The Labute approximate surface area is 51.8 Å². The molecule has 2 nitrogen and oxygen atoms in total. The van der Waals surface area contributed by atoms with E-state index >= 15 is 0 Å². The van der Waals surface area contributed by atoms with Crippen LogP contribution in [0, 0.1) is 0 Å². The van der Waals surface area contributed by atoms with Crippen molar-refractivity contribution in [1.82, 2.24) is 12.3 Å². The maximum absolute atomic E-state index is 1.50. The topological polar surface area (TPSA) is 70.0 Å². The lowest BCUT2D eigenvalue weighted by Gasteiger charge is -2.05. The predicted octanol–water partition coefficient (Wildman–Crippen LogP) is 2.66. The van der Waals surface area contributed by atoms with Crippen molar-refractivity contribution in [3.63, 3.8) is 0 Å². The molecule has 1 fully saturated rings. The zero-order valence-electron chi connectivity index (χ0n) is 5.66. The van der Waals surface area contributed by atoms with Crippen LogP contribution in [-0.2, 0) is 0 Å². The van der Waals surface area contributed by atoms with E-state index in [0.717, 1.165) is 0 Å². The lowest BCUT2D eigenvalue weighted by atomic mass is 10.0. The minimum atomic E-state index is 0. The molecule has 1 aliphatic carbocycles. The summed E-state index contributed by atoms with van der Waals surface area (Å²) in [5, 5.41) is 0. The van der Waals surface area contributed by atoms with Crippen molar-refractivity contribution >= 4 is 0 Å². The molecule has 6 N–H and O–H groups in total. The van der Waals surface area contributed by atoms with Gasteiger partial charge in [0.15, 0.2) is 0 Å². The van der Waals surface area contributed by atoms with Crippen molar-refractivity contribution in [1.29, 1.82) is 0 Å². The fraction of sp³-hybridized carbons (Fsp3) is 1.00. The molecule has 52 valence electrons. The van der Waals surface area contributed by atoms with Gasteiger partial charge >= 0.3 is 0 Å². The second kappa shape index (κ2) is 6.92. The van der Waals surface area contributed by atoms with Gasteiger partial charge in [-0.3, -0.25) is 0 Å². The molecule has 0 aromatic heterocycles. The Kier molecular flexibility index (Phi) is 9.36. The molecule has 8 heavy (non-hydrogen) atoms. The van der Waals surface area contributed by atoms with Gasteiger partial charge in [0.1, 0.15) is 0 Å². The molecule has 0 heterocycles. The Morgan fingerprint density at radius 3 is 0.625 bits per heavy atom. The van der Waals surface area contributed by atoms with E-state index in [0.29, 0.717) is 0 Å². The molecule has 1 aliphatic rings. The molecule has 0 unspecified atom stereocenters. The van der Waals surface area contributed by atoms with Gasteiger partial charge in [0.05, 0.1) is 0 Å². The van der Waals surface area contributed by atoms with Gasteiger partial charge in [-0.2, -0.15) is 0 Å². The molecular weight excluding hydrogens is 100 g/mol. The Morgan fingerprint density at radius 1 is 0.375 bits per heavy atom. The number of rotatable bonds is 0. The molecule has 0 amide bonds. The van der Waals surface area contributed by atoms with Gasteiger partial charge in [-0.1, -0.05) is 38.5 Å². The van der Waals surface area contributed by atoms with E-state index in [1.54, 1.807) is 0 Å². The highest BCUT2D eigenvalue weighted by molar-refractivity contribution is 4.51. The fourth-order valence-corrected chi connectivity index (χ4v) is 1.06. The Hall–Kier alpha value is -0.0800. The molecule has 0 bridgehead atoms. The first kappa shape index (κ1) is 10.8. The zero-order valence-corrected chi connectivity index (χ0v) is 5.66. The average Bonchev–Trinajstić information content (AvgIpc) is 1.72. The molecule has 0 aromatic carbocycles. The van der Waals surface area contributed by atoms with E-state index in [-0.39, 0.29) is 12.3 Å². The quantitative estimate of drug-likeness (QED) is 0.513. The van der Waals surface area contributed by atoms with Crippen LogP contribution >= 0.6 is 0 Å². The van der Waals surface area contributed by atoms with Crippen LogP contribution in [0.15, 0.2) is 0 Å². The third-order valence-corrected chi connectivity index (χ3v) is 1.50. The normalized spacial score (nSPS) is 18.0. The van der Waals surface area contributed by atoms with Crippen LogP contribution in [0.25, 0.3) is 0 Å². The second-order valence-corrected chi connectivity index (χ2v) is 2.12. The van der Waals surface area contributed by atoms with E-state index in [2.05, 4.69) is 0 Å². The molecular formula is C6H18N2. The molecule has 2 heteroatoms. The summed E-state index contributed by atoms with van der Waals surface area (Å²) in [5.74, 6) is 0. The summed E-state index contributed by atoms with van der Waals surface area (Å²) in [5.41, 5.74) is 0. The smallest absolute Gasteiger partial charge is 0.0533 e. The summed E-state index contributed by atoms with van der Waals surface area (Å²) in [4.78, 5) is 0. The third kappa shape index (κ3) is 4.09. The first-order valence-electron chi connectivity index (χ1n) is 3.00. The number of hydrogen-bond donors (Lipinski definition) is 2. The van der Waals surface area contributed by atoms with Gasteiger partial charge < -0.3 is 12.3 Å². The van der Waals surface area contributed by atoms with Crippen LogP contribution < -0.4 is 12.3 Å². The highest BCUT2D eigenvalue weighted by Gasteiger charge is 1.95. The van der Waals surface area contributed by atoms with Gasteiger partial charge in [-0.25, -0.2) is 0 Å². The first-order chi connectivity index (χ1) is 3.00. The van der Waals surface area contributed by atoms with Crippen LogP contribution in [0.2, 0.25) is 0 Å². The van der Waals surface area contributed by atoms with E-state index in [1.807, 2.05) is 0 Å². The SMILES string of the molecule is C1CCCCC1.N.N. The van der Waals surface area contributed by atoms with Crippen LogP contribution in [0.5, 0.6) is 0 Å². The Morgan fingerprint density at radius 2 is 0.500 bits per heavy atom. The summed E-state index contributed by atoms with van der Waals surface area (Å²) in [7, 11) is 0. The molecule has 0 atom stereocenters. The highest BCUT2D eigenvalue weighted by Crippen LogP contribution is 2.15. The van der Waals surface area contributed by atoms with Crippen molar-refractivity contribution in [2.45, 2.75) is 38.5 Å². The van der Waals surface area contributed by atoms with E-state index < -0.39 is 0 Å². The van der Waals surface area contributed by atoms with Gasteiger partial charge in [-0.05, 0) is 0 Å². The Bertz CT molecular complexity index is 22.0. The molecule has 0 aliphatic heterocycles. The van der Waals surface area contributed by atoms with Crippen LogP contribution in [-0.4, -0.2) is 0 Å². The van der Waals surface area contributed by atoms with Crippen molar-refractivity contribution in [3.05, 3.63) is 0 Å². The Balaban J connectivity index is 0. The van der Waals surface area contributed by atoms with E-state index in [4.69, 9.17) is 0 Å². The summed E-state index contributed by atoms with van der Waals surface area (Å²) < 4.78 is 0. The third-order valence-electron chi connectivity index (χ3n) is 1.50. The van der Waals surface area contributed by atoms with Crippen molar-refractivity contribution in [2.75, 3.05) is 0 Å². The first-order valence-corrected chi connectivity index (χ1v) is 3.00. The molecule has 0 aromatic rings. The highest BCUT2D eigenvalue weighted by atomic mass is 14.0. The molecule has 0 saturated heterocycles. The fourth-order valence-electron chi connectivity index (χ4n) is 1.06. The van der Waals surface area contributed by atoms with Crippen molar-refractivity contribution in [2.24, 2.45) is 0 Å². The van der Waals surface area contributed by atoms with Crippen molar-refractivity contribution < 1.29 is 0 Å². The summed E-state index contributed by atoms with van der Waals surface area (Å²) in [6.07, 6.45) is 9.00. The lowest BCUT2D eigenvalue weighted by molar-refractivity contribution is 0.504.